The van der Waals surface area contributed by atoms with Gasteiger partial charge in [0, 0.05) is 18.8 Å². The van der Waals surface area contributed by atoms with Gasteiger partial charge < -0.3 is 15.0 Å². The van der Waals surface area contributed by atoms with E-state index < -0.39 is 6.10 Å². The fourth-order valence-electron chi connectivity index (χ4n) is 1.61. The molecule has 2 rings (SSSR count). The molecule has 1 aromatic rings. The van der Waals surface area contributed by atoms with E-state index in [0.29, 0.717) is 16.8 Å². The van der Waals surface area contributed by atoms with Gasteiger partial charge in [0.2, 0.25) is 0 Å². The van der Waals surface area contributed by atoms with Crippen molar-refractivity contribution in [2.45, 2.75) is 31.9 Å². The molecule has 1 aliphatic carbocycles. The molecule has 1 heterocycles. The number of aliphatic hydroxyl groups is 1. The fourth-order valence-corrected chi connectivity index (χ4v) is 1.82. The van der Waals surface area contributed by atoms with E-state index in [9.17, 15) is 4.79 Å². The lowest BCUT2D eigenvalue weighted by molar-refractivity contribution is 0.0914. The number of amides is 1. The lowest BCUT2D eigenvalue weighted by Crippen LogP contribution is -2.31. The zero-order valence-electron chi connectivity index (χ0n) is 9.11. The fraction of sp³-hybridized carbons (Fsp3) is 0.545. The van der Waals surface area contributed by atoms with Gasteiger partial charge in [-0.1, -0.05) is 11.6 Å². The van der Waals surface area contributed by atoms with Crippen LogP contribution in [0.1, 0.15) is 36.3 Å². The van der Waals surface area contributed by atoms with Crippen molar-refractivity contribution in [1.29, 1.82) is 0 Å². The molecular weight excluding hydrogens is 228 g/mol. The van der Waals surface area contributed by atoms with Crippen LogP contribution in [0.15, 0.2) is 12.3 Å². The smallest absolute Gasteiger partial charge is 0.268 e. The molecule has 0 unspecified atom stereocenters. The van der Waals surface area contributed by atoms with Crippen molar-refractivity contribution >= 4 is 17.5 Å². The van der Waals surface area contributed by atoms with Crippen LogP contribution < -0.4 is 5.32 Å². The predicted octanol–water partition coefficient (Wildman–Crippen LogP) is 1.59. The maximum Gasteiger partial charge on any atom is 0.268 e. The molecule has 5 heteroatoms. The predicted molar refractivity (Wildman–Crippen MR) is 61.7 cm³/mol. The van der Waals surface area contributed by atoms with Crippen LogP contribution in [0.4, 0.5) is 0 Å². The number of carbonyl (C=O) groups excluding carboxylic acids is 1. The van der Waals surface area contributed by atoms with Crippen molar-refractivity contribution in [3.05, 3.63) is 23.0 Å². The first-order chi connectivity index (χ1) is 7.58. The number of rotatable bonds is 4. The summed E-state index contributed by atoms with van der Waals surface area (Å²) in [6, 6.07) is 2.08. The summed E-state index contributed by atoms with van der Waals surface area (Å²) >= 11 is 5.89. The third kappa shape index (κ3) is 2.57. The highest BCUT2D eigenvalue weighted by atomic mass is 35.5. The molecule has 0 aromatic carbocycles. The molecule has 0 aliphatic heterocycles. The van der Waals surface area contributed by atoms with Gasteiger partial charge in [0.1, 0.15) is 5.69 Å². The maximum absolute atomic E-state index is 11.8. The highest BCUT2D eigenvalue weighted by Crippen LogP contribution is 2.37. The van der Waals surface area contributed by atoms with Gasteiger partial charge in [0.15, 0.2) is 0 Å². The number of aromatic nitrogens is 1. The Hall–Kier alpha value is -1.00. The normalized spacial score (nSPS) is 17.2. The minimum absolute atomic E-state index is 0.181. The van der Waals surface area contributed by atoms with Crippen molar-refractivity contribution in [2.75, 3.05) is 6.54 Å². The Balaban J connectivity index is 2.09. The lowest BCUT2D eigenvalue weighted by Gasteiger charge is -2.09. The van der Waals surface area contributed by atoms with Crippen molar-refractivity contribution in [3.8, 4) is 0 Å². The third-order valence-electron chi connectivity index (χ3n) is 2.55. The summed E-state index contributed by atoms with van der Waals surface area (Å²) in [6.45, 7) is 1.89. The standard InChI is InChI=1S/C11H15ClN2O2/c1-7(15)5-13-11(16)10-4-8(12)6-14(10)9-2-3-9/h4,6-7,9,15H,2-3,5H2,1H3,(H,13,16)/t7-/m0/s1. The summed E-state index contributed by atoms with van der Waals surface area (Å²) in [4.78, 5) is 11.8. The molecule has 16 heavy (non-hydrogen) atoms. The molecule has 1 fully saturated rings. The quantitative estimate of drug-likeness (QED) is 0.843. The molecule has 1 aromatic heterocycles. The van der Waals surface area contributed by atoms with E-state index in [2.05, 4.69) is 5.32 Å². The van der Waals surface area contributed by atoms with Gasteiger partial charge in [0.05, 0.1) is 11.1 Å². The molecule has 4 nitrogen and oxygen atoms in total. The molecule has 1 saturated carbocycles. The highest BCUT2D eigenvalue weighted by Gasteiger charge is 2.27. The Bertz CT molecular complexity index is 397. The number of nitrogens with one attached hydrogen (secondary N) is 1. The second kappa shape index (κ2) is 4.47. The van der Waals surface area contributed by atoms with E-state index in [-0.39, 0.29) is 12.5 Å². The van der Waals surface area contributed by atoms with E-state index in [1.165, 1.54) is 0 Å². The van der Waals surface area contributed by atoms with Crippen LogP contribution in [-0.4, -0.2) is 28.2 Å². The number of hydrogen-bond acceptors (Lipinski definition) is 2. The summed E-state index contributed by atoms with van der Waals surface area (Å²) in [7, 11) is 0. The lowest BCUT2D eigenvalue weighted by atomic mass is 10.3. The van der Waals surface area contributed by atoms with Crippen LogP contribution in [0.2, 0.25) is 5.02 Å². The van der Waals surface area contributed by atoms with Gasteiger partial charge >= 0.3 is 0 Å². The van der Waals surface area contributed by atoms with E-state index in [0.717, 1.165) is 12.8 Å². The second-order valence-electron chi connectivity index (χ2n) is 4.24. The Morgan fingerprint density at radius 3 is 3.00 bits per heavy atom. The molecule has 0 saturated heterocycles. The Morgan fingerprint density at radius 1 is 1.75 bits per heavy atom. The molecule has 88 valence electrons. The SMILES string of the molecule is C[C@H](O)CNC(=O)c1cc(Cl)cn1C1CC1. The van der Waals surface area contributed by atoms with E-state index >= 15 is 0 Å². The number of aliphatic hydroxyl groups excluding tert-OH is 1. The monoisotopic (exact) mass is 242 g/mol. The van der Waals surface area contributed by atoms with Crippen LogP contribution in [0.3, 0.4) is 0 Å². The molecule has 0 radical (unpaired) electrons. The van der Waals surface area contributed by atoms with Gasteiger partial charge in [-0.15, -0.1) is 0 Å². The summed E-state index contributed by atoms with van der Waals surface area (Å²) in [5, 5.41) is 12.3. The van der Waals surface area contributed by atoms with Crippen molar-refractivity contribution in [2.24, 2.45) is 0 Å². The Kier molecular flexibility index (Phi) is 3.21. The van der Waals surface area contributed by atoms with Crippen molar-refractivity contribution in [3.63, 3.8) is 0 Å². The molecule has 0 bridgehead atoms. The average Bonchev–Trinajstić information content (AvgIpc) is 2.98. The first kappa shape index (κ1) is 11.5. The van der Waals surface area contributed by atoms with Crippen LogP contribution in [0.25, 0.3) is 0 Å². The van der Waals surface area contributed by atoms with Crippen LogP contribution in [-0.2, 0) is 0 Å². The molecule has 1 amide bonds. The summed E-state index contributed by atoms with van der Waals surface area (Å²) in [5.41, 5.74) is 0.577. The summed E-state index contributed by atoms with van der Waals surface area (Å²) in [6.07, 6.45) is 3.45. The molecular formula is C11H15ClN2O2. The second-order valence-corrected chi connectivity index (χ2v) is 4.68. The number of halogens is 1. The maximum atomic E-state index is 11.8. The van der Waals surface area contributed by atoms with Gasteiger partial charge in [0.25, 0.3) is 5.91 Å². The zero-order chi connectivity index (χ0) is 11.7. The van der Waals surface area contributed by atoms with Crippen LogP contribution in [0.5, 0.6) is 0 Å². The molecule has 0 spiro atoms. The van der Waals surface area contributed by atoms with Gasteiger partial charge in [-0.2, -0.15) is 0 Å². The van der Waals surface area contributed by atoms with E-state index in [1.54, 1.807) is 19.2 Å². The molecule has 1 aliphatic rings. The van der Waals surface area contributed by atoms with Crippen LogP contribution in [0, 0.1) is 0 Å². The Labute approximate surface area is 99.2 Å². The first-order valence-electron chi connectivity index (χ1n) is 5.41. The van der Waals surface area contributed by atoms with Crippen molar-refractivity contribution < 1.29 is 9.90 Å². The molecule has 1 atom stereocenters. The van der Waals surface area contributed by atoms with E-state index in [4.69, 9.17) is 16.7 Å². The number of carbonyl (C=O) groups is 1. The van der Waals surface area contributed by atoms with Gasteiger partial charge in [-0.25, -0.2) is 0 Å². The van der Waals surface area contributed by atoms with E-state index in [1.807, 2.05) is 4.57 Å². The minimum Gasteiger partial charge on any atom is -0.392 e. The zero-order valence-corrected chi connectivity index (χ0v) is 9.87. The minimum atomic E-state index is -0.538. The summed E-state index contributed by atoms with van der Waals surface area (Å²) in [5.74, 6) is -0.181. The average molecular weight is 243 g/mol. The Morgan fingerprint density at radius 2 is 2.44 bits per heavy atom. The third-order valence-corrected chi connectivity index (χ3v) is 2.75. The first-order valence-corrected chi connectivity index (χ1v) is 5.79. The van der Waals surface area contributed by atoms with Crippen LogP contribution >= 0.6 is 11.6 Å². The number of hydrogen-bond donors (Lipinski definition) is 2. The van der Waals surface area contributed by atoms with Gasteiger partial charge in [-0.05, 0) is 25.8 Å². The largest absolute Gasteiger partial charge is 0.392 e. The topological polar surface area (TPSA) is 54.3 Å². The molecule has 2 N–H and O–H groups in total. The van der Waals surface area contributed by atoms with Crippen molar-refractivity contribution in [1.82, 2.24) is 9.88 Å². The van der Waals surface area contributed by atoms with Gasteiger partial charge in [-0.3, -0.25) is 4.79 Å². The highest BCUT2D eigenvalue weighted by molar-refractivity contribution is 6.31. The number of nitrogens with zero attached hydrogens (tertiary/aromatic N) is 1. The summed E-state index contributed by atoms with van der Waals surface area (Å²) < 4.78 is 1.92.